The van der Waals surface area contributed by atoms with Crippen molar-refractivity contribution in [2.24, 2.45) is 0 Å². The SMILES string of the molecule is [2H]C1([2H])CN(c2ccc(N3C[C@H](CN4C(=O)c5ccccc5C4=O)OC3=O)cc2F)CC([2H])([2H])O1. The second kappa shape index (κ2) is 7.66. The largest absolute Gasteiger partial charge is 0.442 e. The van der Waals surface area contributed by atoms with Crippen LogP contribution in [-0.2, 0) is 9.47 Å². The predicted octanol–water partition coefficient (Wildman–Crippen LogP) is 2.28. The molecule has 8 nitrogen and oxygen atoms in total. The van der Waals surface area contributed by atoms with Crippen LogP contribution in [0.25, 0.3) is 0 Å². The van der Waals surface area contributed by atoms with Gasteiger partial charge in [0.1, 0.15) is 11.9 Å². The molecule has 3 aliphatic heterocycles. The highest BCUT2D eigenvalue weighted by Gasteiger charge is 2.40. The number of imide groups is 1. The minimum absolute atomic E-state index is 0.0202. The van der Waals surface area contributed by atoms with E-state index in [1.807, 2.05) is 0 Å². The first-order chi connectivity index (χ1) is 16.4. The Morgan fingerprint density at radius 1 is 1.03 bits per heavy atom. The van der Waals surface area contributed by atoms with E-state index in [4.69, 9.17) is 15.0 Å². The summed E-state index contributed by atoms with van der Waals surface area (Å²) in [6.07, 6.45) is -1.58. The van der Waals surface area contributed by atoms with Gasteiger partial charge in [0.25, 0.3) is 11.8 Å². The lowest BCUT2D eigenvalue weighted by atomic mass is 10.1. The maximum atomic E-state index is 15.0. The van der Waals surface area contributed by atoms with Gasteiger partial charge in [-0.1, -0.05) is 12.1 Å². The number of ether oxygens (including phenoxy) is 2. The zero-order chi connectivity index (χ0) is 25.1. The molecule has 31 heavy (non-hydrogen) atoms. The molecular weight excluding hydrogens is 405 g/mol. The molecule has 3 aliphatic rings. The Labute approximate surface area is 183 Å². The van der Waals surface area contributed by atoms with E-state index in [-0.39, 0.29) is 48.7 Å². The van der Waals surface area contributed by atoms with Crippen molar-refractivity contribution >= 4 is 29.3 Å². The van der Waals surface area contributed by atoms with Gasteiger partial charge < -0.3 is 14.4 Å². The van der Waals surface area contributed by atoms with Crippen molar-refractivity contribution in [2.45, 2.75) is 6.10 Å². The third-order valence-electron chi connectivity index (χ3n) is 5.38. The van der Waals surface area contributed by atoms with E-state index < -0.39 is 42.9 Å². The molecule has 2 saturated heterocycles. The lowest BCUT2D eigenvalue weighted by Crippen LogP contribution is -2.38. The smallest absolute Gasteiger partial charge is 0.414 e. The quantitative estimate of drug-likeness (QED) is 0.694. The molecule has 3 heterocycles. The first kappa shape index (κ1) is 15.4. The van der Waals surface area contributed by atoms with Crippen LogP contribution in [0.4, 0.5) is 20.6 Å². The maximum Gasteiger partial charge on any atom is 0.414 e. The Balaban J connectivity index is 1.30. The molecule has 0 bridgehead atoms. The predicted molar refractivity (Wildman–Crippen MR) is 109 cm³/mol. The van der Waals surface area contributed by atoms with Crippen molar-refractivity contribution in [1.82, 2.24) is 4.90 Å². The molecule has 0 aliphatic carbocycles. The molecule has 2 aromatic carbocycles. The van der Waals surface area contributed by atoms with Gasteiger partial charge >= 0.3 is 6.09 Å². The van der Waals surface area contributed by atoms with Crippen LogP contribution in [0.2, 0.25) is 0 Å². The summed E-state index contributed by atoms with van der Waals surface area (Å²) in [6, 6.07) is 10.2. The van der Waals surface area contributed by atoms with Crippen LogP contribution in [0, 0.1) is 5.82 Å². The summed E-state index contributed by atoms with van der Waals surface area (Å²) in [6.45, 7) is -5.56. The van der Waals surface area contributed by atoms with E-state index in [1.54, 1.807) is 24.3 Å². The van der Waals surface area contributed by atoms with Crippen LogP contribution in [0.3, 0.4) is 0 Å². The third-order valence-corrected chi connectivity index (χ3v) is 5.38. The average molecular weight is 429 g/mol. The molecule has 5 rings (SSSR count). The highest BCUT2D eigenvalue weighted by Crippen LogP contribution is 2.29. The second-order valence-electron chi connectivity index (χ2n) is 7.27. The molecule has 2 aromatic rings. The van der Waals surface area contributed by atoms with Gasteiger partial charge in [-0.25, -0.2) is 9.18 Å². The minimum atomic E-state index is -2.32. The van der Waals surface area contributed by atoms with Crippen molar-refractivity contribution < 1.29 is 33.7 Å². The molecule has 0 radical (unpaired) electrons. The molecule has 0 aromatic heterocycles. The van der Waals surface area contributed by atoms with Gasteiger partial charge in [0.15, 0.2) is 0 Å². The van der Waals surface area contributed by atoms with Gasteiger partial charge in [-0.3, -0.25) is 19.4 Å². The lowest BCUT2D eigenvalue weighted by Gasteiger charge is -2.29. The lowest BCUT2D eigenvalue weighted by molar-refractivity contribution is 0.0558. The first-order valence-corrected chi connectivity index (χ1v) is 9.62. The summed E-state index contributed by atoms with van der Waals surface area (Å²) in [5, 5.41) is 0. The summed E-state index contributed by atoms with van der Waals surface area (Å²) >= 11 is 0. The monoisotopic (exact) mass is 429 g/mol. The number of morpholine rings is 1. The van der Waals surface area contributed by atoms with Gasteiger partial charge in [0.05, 0.1) is 54.2 Å². The summed E-state index contributed by atoms with van der Waals surface area (Å²) < 4.78 is 56.0. The fraction of sp³-hybridized carbons (Fsp3) is 0.318. The number of amides is 3. The van der Waals surface area contributed by atoms with Crippen molar-refractivity contribution in [3.05, 3.63) is 59.4 Å². The van der Waals surface area contributed by atoms with Crippen molar-refractivity contribution in [3.63, 3.8) is 0 Å². The zero-order valence-electron chi connectivity index (χ0n) is 20.2. The molecule has 1 atom stereocenters. The van der Waals surface area contributed by atoms with E-state index in [1.165, 1.54) is 21.9 Å². The molecular formula is C22H20FN3O5. The number of carbonyl (C=O) groups is 3. The standard InChI is InChI=1S/C22H20FN3O5/c23-18-11-14(5-6-19(18)24-7-9-30-10-8-24)25-12-15(31-22(25)29)13-26-20(27)16-3-1-2-4-17(16)21(26)28/h1-6,11,15H,7-10,12-13H2/t15-/m1/s1/i9D2,10D2. The topological polar surface area (TPSA) is 79.4 Å². The van der Waals surface area contributed by atoms with Gasteiger partial charge in [-0.15, -0.1) is 0 Å². The number of cyclic esters (lactones) is 1. The van der Waals surface area contributed by atoms with E-state index >= 15 is 0 Å². The zero-order valence-corrected chi connectivity index (χ0v) is 16.2. The number of benzene rings is 2. The molecule has 0 spiro atoms. The van der Waals surface area contributed by atoms with Crippen LogP contribution in [-0.4, -0.2) is 68.2 Å². The summed E-state index contributed by atoms with van der Waals surface area (Å²) in [5.74, 6) is -1.73. The number of rotatable bonds is 4. The Hall–Kier alpha value is -3.46. The molecule has 9 heteroatoms. The average Bonchev–Trinajstić information content (AvgIpc) is 3.24. The van der Waals surface area contributed by atoms with Crippen molar-refractivity contribution in [3.8, 4) is 0 Å². The fourth-order valence-electron chi connectivity index (χ4n) is 3.85. The number of hydrogen-bond donors (Lipinski definition) is 0. The molecule has 2 fully saturated rings. The van der Waals surface area contributed by atoms with Gasteiger partial charge in [-0.2, -0.15) is 0 Å². The van der Waals surface area contributed by atoms with Crippen LogP contribution < -0.4 is 9.80 Å². The number of anilines is 2. The number of nitrogens with zero attached hydrogens (tertiary/aromatic N) is 3. The Morgan fingerprint density at radius 3 is 2.35 bits per heavy atom. The highest BCUT2D eigenvalue weighted by atomic mass is 19.1. The van der Waals surface area contributed by atoms with Gasteiger partial charge in [-0.05, 0) is 30.3 Å². The summed E-state index contributed by atoms with van der Waals surface area (Å²) in [7, 11) is 0. The fourth-order valence-corrected chi connectivity index (χ4v) is 3.85. The Morgan fingerprint density at radius 2 is 1.71 bits per heavy atom. The van der Waals surface area contributed by atoms with Gasteiger partial charge in [0, 0.05) is 13.1 Å². The molecule has 0 unspecified atom stereocenters. The summed E-state index contributed by atoms with van der Waals surface area (Å²) in [5.41, 5.74) is 0.696. The normalized spacial score (nSPS) is 26.2. The second-order valence-corrected chi connectivity index (χ2v) is 7.27. The number of hydrogen-bond acceptors (Lipinski definition) is 6. The van der Waals surface area contributed by atoms with Crippen LogP contribution >= 0.6 is 0 Å². The first-order valence-electron chi connectivity index (χ1n) is 11.6. The molecule has 160 valence electrons. The van der Waals surface area contributed by atoms with Crippen LogP contribution in [0.15, 0.2) is 42.5 Å². The van der Waals surface area contributed by atoms with Crippen LogP contribution in [0.1, 0.15) is 26.2 Å². The maximum absolute atomic E-state index is 15.0. The Bertz CT molecular complexity index is 1190. The minimum Gasteiger partial charge on any atom is -0.442 e. The van der Waals surface area contributed by atoms with E-state index in [2.05, 4.69) is 0 Å². The number of fused-ring (bicyclic) bond motifs is 1. The third kappa shape index (κ3) is 3.40. The van der Waals surface area contributed by atoms with E-state index in [0.717, 1.165) is 11.0 Å². The van der Waals surface area contributed by atoms with Crippen molar-refractivity contribution in [2.75, 3.05) is 49.1 Å². The molecule has 3 amide bonds. The Kier molecular flexibility index (Phi) is 3.79. The number of carbonyl (C=O) groups excluding carboxylic acids is 3. The summed E-state index contributed by atoms with van der Waals surface area (Å²) in [4.78, 5) is 41.1. The number of halogens is 1. The van der Waals surface area contributed by atoms with Crippen molar-refractivity contribution in [1.29, 1.82) is 0 Å². The van der Waals surface area contributed by atoms with Gasteiger partial charge in [0.2, 0.25) is 0 Å². The molecule has 0 N–H and O–H groups in total. The van der Waals surface area contributed by atoms with Crippen LogP contribution in [0.5, 0.6) is 0 Å². The highest BCUT2D eigenvalue weighted by molar-refractivity contribution is 6.21. The van der Waals surface area contributed by atoms with E-state index in [0.29, 0.717) is 0 Å². The molecule has 0 saturated carbocycles. The van der Waals surface area contributed by atoms with E-state index in [9.17, 15) is 18.8 Å².